The van der Waals surface area contributed by atoms with Gasteiger partial charge >= 0.3 is 0 Å². The van der Waals surface area contributed by atoms with E-state index in [2.05, 4.69) is 43.5 Å². The molecule has 52 heavy (non-hydrogen) atoms. The van der Waals surface area contributed by atoms with Crippen molar-refractivity contribution in [3.8, 4) is 0 Å². The lowest BCUT2D eigenvalue weighted by atomic mass is 10.0. The number of amides is 1. The Bertz CT molecular complexity index is 919. The fraction of sp³-hybridized carbons (Fsp3) is 0.889. The molecule has 0 fully saturated rings. The van der Waals surface area contributed by atoms with Crippen LogP contribution in [0, 0.1) is 0 Å². The highest BCUT2D eigenvalue weighted by Gasteiger charge is 2.26. The number of rotatable bonds is 41. The van der Waals surface area contributed by atoms with Gasteiger partial charge in [0.25, 0.3) is 10.1 Å². The van der Waals surface area contributed by atoms with Crippen LogP contribution in [0.15, 0.2) is 24.3 Å². The Morgan fingerprint density at radius 3 is 1.25 bits per heavy atom. The van der Waals surface area contributed by atoms with Crippen molar-refractivity contribution in [2.45, 2.75) is 251 Å². The van der Waals surface area contributed by atoms with Crippen molar-refractivity contribution in [1.29, 1.82) is 0 Å². The van der Waals surface area contributed by atoms with Crippen molar-refractivity contribution in [2.75, 3.05) is 5.75 Å². The summed E-state index contributed by atoms with van der Waals surface area (Å²) in [4.78, 5) is 12.6. The summed E-state index contributed by atoms with van der Waals surface area (Å²) in [7, 11) is -4.31. The van der Waals surface area contributed by atoms with Gasteiger partial charge in [0.05, 0.1) is 17.9 Å². The van der Waals surface area contributed by atoms with Gasteiger partial charge in [0.2, 0.25) is 5.91 Å². The van der Waals surface area contributed by atoms with E-state index < -0.39 is 28.0 Å². The molecule has 0 radical (unpaired) electrons. The van der Waals surface area contributed by atoms with E-state index >= 15 is 0 Å². The fourth-order valence-corrected chi connectivity index (χ4v) is 7.77. The van der Waals surface area contributed by atoms with E-state index in [9.17, 15) is 22.9 Å². The van der Waals surface area contributed by atoms with Gasteiger partial charge in [-0.1, -0.05) is 212 Å². The zero-order chi connectivity index (χ0) is 38.2. The second-order valence-electron chi connectivity index (χ2n) is 15.7. The zero-order valence-corrected chi connectivity index (χ0v) is 35.3. The molecule has 0 aliphatic carbocycles. The lowest BCUT2D eigenvalue weighted by Crippen LogP contribution is -2.47. The van der Waals surface area contributed by atoms with E-state index in [0.717, 1.165) is 44.9 Å². The Balaban J connectivity index is 3.78. The van der Waals surface area contributed by atoms with Crippen LogP contribution in [-0.4, -0.2) is 41.9 Å². The minimum absolute atomic E-state index is 0.246. The highest BCUT2D eigenvalue weighted by atomic mass is 32.2. The van der Waals surface area contributed by atoms with Crippen LogP contribution in [0.5, 0.6) is 0 Å². The first-order valence-corrected chi connectivity index (χ1v) is 24.1. The van der Waals surface area contributed by atoms with Gasteiger partial charge in [-0.25, -0.2) is 0 Å². The second kappa shape index (κ2) is 39.5. The minimum Gasteiger partial charge on any atom is -0.391 e. The van der Waals surface area contributed by atoms with E-state index in [1.54, 1.807) is 0 Å². The van der Waals surface area contributed by atoms with Crippen molar-refractivity contribution in [3.63, 3.8) is 0 Å². The van der Waals surface area contributed by atoms with Gasteiger partial charge in [-0.3, -0.25) is 9.35 Å². The number of carbonyl (C=O) groups is 1. The summed E-state index contributed by atoms with van der Waals surface area (Å²) in [6.45, 7) is 4.52. The Morgan fingerprint density at radius 2 is 0.865 bits per heavy atom. The minimum atomic E-state index is -4.31. The standard InChI is InChI=1S/C45H87NO5S/c1-3-5-7-9-11-13-15-17-19-20-21-22-23-24-25-26-27-29-31-33-35-37-39-41-45(48)46-43(42-52(49,50)51)44(47)40-38-36-34-32-30-28-18-16-14-12-10-8-6-4-2/h15,17,20-21,43-44,47H,3-14,16,18-19,22-42H2,1-2H3,(H,46,48)(H,49,50,51)/b17-15-,21-20-. The molecule has 2 atom stereocenters. The molecule has 0 saturated carbocycles. The van der Waals surface area contributed by atoms with Crippen LogP contribution in [0.25, 0.3) is 0 Å². The number of aliphatic hydroxyl groups excluding tert-OH is 1. The van der Waals surface area contributed by atoms with Crippen LogP contribution >= 0.6 is 0 Å². The first kappa shape index (κ1) is 50.8. The van der Waals surface area contributed by atoms with Crippen molar-refractivity contribution < 1.29 is 22.9 Å². The van der Waals surface area contributed by atoms with Crippen LogP contribution in [0.2, 0.25) is 0 Å². The average molecular weight is 754 g/mol. The van der Waals surface area contributed by atoms with Gasteiger partial charge in [-0.05, 0) is 44.9 Å². The molecule has 308 valence electrons. The Kier molecular flexibility index (Phi) is 38.6. The molecule has 3 N–H and O–H groups in total. The van der Waals surface area contributed by atoms with Gasteiger partial charge in [0.15, 0.2) is 0 Å². The molecular formula is C45H87NO5S. The van der Waals surface area contributed by atoms with E-state index in [-0.39, 0.29) is 5.91 Å². The van der Waals surface area contributed by atoms with Crippen LogP contribution in [0.3, 0.4) is 0 Å². The van der Waals surface area contributed by atoms with Crippen LogP contribution in [0.1, 0.15) is 239 Å². The monoisotopic (exact) mass is 754 g/mol. The van der Waals surface area contributed by atoms with Gasteiger partial charge in [0, 0.05) is 6.42 Å². The van der Waals surface area contributed by atoms with E-state index in [0.29, 0.717) is 12.8 Å². The molecule has 0 aromatic heterocycles. The molecule has 0 bridgehead atoms. The lowest BCUT2D eigenvalue weighted by molar-refractivity contribution is -0.122. The van der Waals surface area contributed by atoms with E-state index in [1.807, 2.05) is 0 Å². The highest BCUT2D eigenvalue weighted by molar-refractivity contribution is 7.85. The summed E-state index contributed by atoms with van der Waals surface area (Å²) in [5.74, 6) is -0.892. The predicted molar refractivity (Wildman–Crippen MR) is 226 cm³/mol. The molecule has 0 aromatic carbocycles. The van der Waals surface area contributed by atoms with Crippen LogP contribution < -0.4 is 5.32 Å². The number of allylic oxidation sites excluding steroid dienone is 4. The SMILES string of the molecule is CCCCCCC/C=C\C/C=C\CCCCCCCCCCCCCC(=O)NC(CS(=O)(=O)O)C(O)CCCCCCCCCCCCCCCC. The second-order valence-corrected chi connectivity index (χ2v) is 17.2. The number of unbranched alkanes of at least 4 members (excludes halogenated alkanes) is 29. The van der Waals surface area contributed by atoms with E-state index in [1.165, 1.54) is 167 Å². The molecule has 0 saturated heterocycles. The van der Waals surface area contributed by atoms with Gasteiger partial charge in [0.1, 0.15) is 0 Å². The Hall–Kier alpha value is -1.18. The number of carbonyl (C=O) groups excluding carboxylic acids is 1. The molecule has 6 nitrogen and oxygen atoms in total. The molecule has 0 aromatic rings. The van der Waals surface area contributed by atoms with Crippen LogP contribution in [-0.2, 0) is 14.9 Å². The summed E-state index contributed by atoms with van der Waals surface area (Å²) in [5, 5.41) is 13.4. The highest BCUT2D eigenvalue weighted by Crippen LogP contribution is 2.16. The third-order valence-corrected chi connectivity index (χ3v) is 11.2. The van der Waals surface area contributed by atoms with Crippen molar-refractivity contribution in [3.05, 3.63) is 24.3 Å². The predicted octanol–water partition coefficient (Wildman–Crippen LogP) is 13.5. The zero-order valence-electron chi connectivity index (χ0n) is 34.4. The average Bonchev–Trinajstić information content (AvgIpc) is 3.11. The normalized spacial score (nSPS) is 13.4. The first-order chi connectivity index (χ1) is 25.3. The lowest BCUT2D eigenvalue weighted by Gasteiger charge is -2.23. The molecule has 7 heteroatoms. The summed E-state index contributed by atoms with van der Waals surface area (Å²) in [6.07, 6.45) is 49.9. The third-order valence-electron chi connectivity index (χ3n) is 10.4. The summed E-state index contributed by atoms with van der Waals surface area (Å²) in [6, 6.07) is -0.970. The molecule has 1 amide bonds. The maximum Gasteiger partial charge on any atom is 0.266 e. The van der Waals surface area contributed by atoms with Gasteiger partial charge < -0.3 is 10.4 Å². The fourth-order valence-electron chi connectivity index (χ4n) is 7.02. The summed E-state index contributed by atoms with van der Waals surface area (Å²) >= 11 is 0. The summed E-state index contributed by atoms with van der Waals surface area (Å²) in [5.41, 5.74) is 0. The number of hydrogen-bond donors (Lipinski definition) is 3. The smallest absolute Gasteiger partial charge is 0.266 e. The third kappa shape index (κ3) is 40.0. The molecule has 0 aliphatic heterocycles. The van der Waals surface area contributed by atoms with Gasteiger partial charge in [-0.2, -0.15) is 8.42 Å². The largest absolute Gasteiger partial charge is 0.391 e. The molecule has 0 heterocycles. The van der Waals surface area contributed by atoms with Gasteiger partial charge in [-0.15, -0.1) is 0 Å². The number of nitrogens with one attached hydrogen (secondary N) is 1. The van der Waals surface area contributed by atoms with E-state index in [4.69, 9.17) is 0 Å². The number of hydrogen-bond acceptors (Lipinski definition) is 4. The molecule has 0 aliphatic rings. The maximum atomic E-state index is 12.6. The van der Waals surface area contributed by atoms with Crippen molar-refractivity contribution >= 4 is 16.0 Å². The number of aliphatic hydroxyl groups is 1. The summed E-state index contributed by atoms with van der Waals surface area (Å²) < 4.78 is 32.6. The van der Waals surface area contributed by atoms with Crippen molar-refractivity contribution in [2.24, 2.45) is 0 Å². The Labute approximate surface area is 324 Å². The molecule has 0 spiro atoms. The first-order valence-electron chi connectivity index (χ1n) is 22.5. The molecule has 0 rings (SSSR count). The maximum absolute atomic E-state index is 12.6. The van der Waals surface area contributed by atoms with Crippen LogP contribution in [0.4, 0.5) is 0 Å². The Morgan fingerprint density at radius 1 is 0.519 bits per heavy atom. The molecular weight excluding hydrogens is 667 g/mol. The topological polar surface area (TPSA) is 104 Å². The molecule has 2 unspecified atom stereocenters. The van der Waals surface area contributed by atoms with Crippen molar-refractivity contribution in [1.82, 2.24) is 5.32 Å². The quantitative estimate of drug-likeness (QED) is 0.0328.